The molecule has 1 heterocycles. The lowest BCUT2D eigenvalue weighted by Crippen LogP contribution is -2.49. The van der Waals surface area contributed by atoms with Gasteiger partial charge in [0.25, 0.3) is 0 Å². The average molecular weight is 297 g/mol. The fraction of sp³-hybridized carbons (Fsp3) is 0.444. The van der Waals surface area contributed by atoms with Crippen LogP contribution in [0.5, 0.6) is 0 Å². The minimum atomic E-state index is -0.272. The van der Waals surface area contributed by atoms with Crippen LogP contribution in [0.1, 0.15) is 37.7 Å². The summed E-state index contributed by atoms with van der Waals surface area (Å²) in [5.41, 5.74) is 0.892. The Balaban J connectivity index is 1.47. The van der Waals surface area contributed by atoms with Gasteiger partial charge >= 0.3 is 0 Å². The molecule has 116 valence electrons. The standard InChI is InChI=1S/C18H23N3O/c22-17(20-11-4-5-13-21-14-12-19-15-21)18(9-6-10-18)16-7-2-1-3-8-16/h1-3,7-8,12,14-15H,4-6,9-11,13H2,(H,20,22). The fourth-order valence-corrected chi connectivity index (χ4v) is 3.14. The van der Waals surface area contributed by atoms with Crippen molar-refractivity contribution in [1.82, 2.24) is 14.9 Å². The van der Waals surface area contributed by atoms with Crippen LogP contribution in [0.2, 0.25) is 0 Å². The van der Waals surface area contributed by atoms with Gasteiger partial charge in [-0.25, -0.2) is 4.98 Å². The molecule has 1 aromatic carbocycles. The third-order valence-electron chi connectivity index (χ3n) is 4.66. The van der Waals surface area contributed by atoms with E-state index in [2.05, 4.69) is 27.0 Å². The van der Waals surface area contributed by atoms with Gasteiger partial charge in [0.2, 0.25) is 5.91 Å². The molecule has 0 unspecified atom stereocenters. The lowest BCUT2D eigenvalue weighted by atomic mass is 9.64. The van der Waals surface area contributed by atoms with E-state index in [9.17, 15) is 4.79 Å². The first kappa shape index (κ1) is 14.8. The molecule has 2 aromatic rings. The van der Waals surface area contributed by atoms with Crippen molar-refractivity contribution >= 4 is 5.91 Å². The number of carbonyl (C=O) groups excluding carboxylic acids is 1. The second-order valence-electron chi connectivity index (χ2n) is 6.07. The van der Waals surface area contributed by atoms with Gasteiger partial charge in [-0.15, -0.1) is 0 Å². The molecule has 0 radical (unpaired) electrons. The highest BCUT2D eigenvalue weighted by Crippen LogP contribution is 2.43. The maximum absolute atomic E-state index is 12.6. The van der Waals surface area contributed by atoms with E-state index >= 15 is 0 Å². The third-order valence-corrected chi connectivity index (χ3v) is 4.66. The molecule has 0 spiro atoms. The Morgan fingerprint density at radius 3 is 2.68 bits per heavy atom. The minimum absolute atomic E-state index is 0.201. The van der Waals surface area contributed by atoms with Gasteiger partial charge in [0.05, 0.1) is 11.7 Å². The predicted molar refractivity (Wildman–Crippen MR) is 86.4 cm³/mol. The van der Waals surface area contributed by atoms with E-state index in [1.165, 1.54) is 0 Å². The average Bonchev–Trinajstić information content (AvgIpc) is 3.00. The van der Waals surface area contributed by atoms with Gasteiger partial charge in [0, 0.05) is 25.5 Å². The van der Waals surface area contributed by atoms with E-state index in [-0.39, 0.29) is 11.3 Å². The highest BCUT2D eigenvalue weighted by Gasteiger charge is 2.45. The van der Waals surface area contributed by atoms with Crippen LogP contribution in [0.4, 0.5) is 0 Å². The zero-order valence-electron chi connectivity index (χ0n) is 12.9. The number of hydrogen-bond donors (Lipinski definition) is 1. The molecule has 1 N–H and O–H groups in total. The molecular formula is C18H23N3O. The molecule has 1 saturated carbocycles. The highest BCUT2D eigenvalue weighted by atomic mass is 16.2. The van der Waals surface area contributed by atoms with E-state index in [1.807, 2.05) is 30.7 Å². The number of unbranched alkanes of at least 4 members (excludes halogenated alkanes) is 1. The van der Waals surface area contributed by atoms with Gasteiger partial charge in [0.15, 0.2) is 0 Å². The maximum Gasteiger partial charge on any atom is 0.230 e. The van der Waals surface area contributed by atoms with Crippen molar-refractivity contribution in [3.05, 3.63) is 54.6 Å². The van der Waals surface area contributed by atoms with Crippen molar-refractivity contribution in [2.24, 2.45) is 0 Å². The van der Waals surface area contributed by atoms with Crippen LogP contribution in [0.3, 0.4) is 0 Å². The molecule has 0 atom stereocenters. The van der Waals surface area contributed by atoms with Gasteiger partial charge in [-0.3, -0.25) is 4.79 Å². The Hall–Kier alpha value is -2.10. The summed E-state index contributed by atoms with van der Waals surface area (Å²) in [4.78, 5) is 16.6. The number of hydrogen-bond acceptors (Lipinski definition) is 2. The van der Waals surface area contributed by atoms with Gasteiger partial charge in [-0.1, -0.05) is 36.8 Å². The van der Waals surface area contributed by atoms with Crippen LogP contribution in [-0.4, -0.2) is 22.0 Å². The first-order chi connectivity index (χ1) is 10.8. The van der Waals surface area contributed by atoms with Crippen molar-refractivity contribution in [2.45, 2.75) is 44.1 Å². The summed E-state index contributed by atoms with van der Waals surface area (Å²) in [6.07, 6.45) is 10.7. The van der Waals surface area contributed by atoms with Crippen molar-refractivity contribution in [3.63, 3.8) is 0 Å². The van der Waals surface area contributed by atoms with Gasteiger partial charge < -0.3 is 9.88 Å². The second-order valence-corrected chi connectivity index (χ2v) is 6.07. The molecule has 0 saturated heterocycles. The maximum atomic E-state index is 12.6. The normalized spacial score (nSPS) is 16.0. The third kappa shape index (κ3) is 3.06. The lowest BCUT2D eigenvalue weighted by molar-refractivity contribution is -0.129. The predicted octanol–water partition coefficient (Wildman–Crippen LogP) is 2.90. The van der Waals surface area contributed by atoms with Gasteiger partial charge in [-0.2, -0.15) is 0 Å². The Morgan fingerprint density at radius 2 is 2.05 bits per heavy atom. The lowest BCUT2D eigenvalue weighted by Gasteiger charge is -2.40. The molecule has 4 nitrogen and oxygen atoms in total. The molecule has 1 aromatic heterocycles. The molecule has 0 aliphatic heterocycles. The van der Waals surface area contributed by atoms with Gasteiger partial charge in [0.1, 0.15) is 0 Å². The summed E-state index contributed by atoms with van der Waals surface area (Å²) in [7, 11) is 0. The zero-order valence-corrected chi connectivity index (χ0v) is 12.9. The summed E-state index contributed by atoms with van der Waals surface area (Å²) in [6.45, 7) is 1.71. The number of rotatable bonds is 7. The van der Waals surface area contributed by atoms with Crippen molar-refractivity contribution in [3.8, 4) is 0 Å². The molecule has 1 fully saturated rings. The monoisotopic (exact) mass is 297 g/mol. The first-order valence-electron chi connectivity index (χ1n) is 8.11. The molecule has 22 heavy (non-hydrogen) atoms. The Bertz CT molecular complexity index is 588. The Labute approximate surface area is 131 Å². The Kier molecular flexibility index (Phi) is 4.56. The quantitative estimate of drug-likeness (QED) is 0.799. The van der Waals surface area contributed by atoms with Crippen molar-refractivity contribution < 1.29 is 4.79 Å². The first-order valence-corrected chi connectivity index (χ1v) is 8.11. The number of nitrogens with one attached hydrogen (secondary N) is 1. The zero-order chi connectivity index (χ0) is 15.3. The summed E-state index contributed by atoms with van der Waals surface area (Å²) >= 11 is 0. The van der Waals surface area contributed by atoms with Gasteiger partial charge in [-0.05, 0) is 31.2 Å². The number of nitrogens with zero attached hydrogens (tertiary/aromatic N) is 2. The molecule has 1 amide bonds. The Morgan fingerprint density at radius 1 is 1.23 bits per heavy atom. The van der Waals surface area contributed by atoms with E-state index in [1.54, 1.807) is 6.20 Å². The van der Waals surface area contributed by atoms with Crippen molar-refractivity contribution in [1.29, 1.82) is 0 Å². The van der Waals surface area contributed by atoms with E-state index in [0.717, 1.165) is 50.8 Å². The molecular weight excluding hydrogens is 274 g/mol. The number of benzene rings is 1. The van der Waals surface area contributed by atoms with Crippen LogP contribution in [-0.2, 0) is 16.8 Å². The largest absolute Gasteiger partial charge is 0.355 e. The van der Waals surface area contributed by atoms with E-state index < -0.39 is 0 Å². The summed E-state index contributed by atoms with van der Waals surface area (Å²) in [6, 6.07) is 10.2. The number of carbonyl (C=O) groups is 1. The van der Waals surface area contributed by atoms with Crippen LogP contribution in [0, 0.1) is 0 Å². The summed E-state index contributed by atoms with van der Waals surface area (Å²) < 4.78 is 2.07. The minimum Gasteiger partial charge on any atom is -0.355 e. The SMILES string of the molecule is O=C(NCCCCn1ccnc1)C1(c2ccccc2)CCC1. The molecule has 1 aliphatic carbocycles. The smallest absolute Gasteiger partial charge is 0.230 e. The van der Waals surface area contributed by atoms with Crippen LogP contribution >= 0.6 is 0 Å². The van der Waals surface area contributed by atoms with Crippen molar-refractivity contribution in [2.75, 3.05) is 6.54 Å². The highest BCUT2D eigenvalue weighted by molar-refractivity contribution is 5.89. The molecule has 1 aliphatic rings. The topological polar surface area (TPSA) is 46.9 Å². The molecule has 0 bridgehead atoms. The fourth-order valence-electron chi connectivity index (χ4n) is 3.14. The number of amides is 1. The van der Waals surface area contributed by atoms with Crippen LogP contribution in [0.15, 0.2) is 49.1 Å². The second kappa shape index (κ2) is 6.77. The van der Waals surface area contributed by atoms with E-state index in [0.29, 0.717) is 0 Å². The molecule has 4 heteroatoms. The van der Waals surface area contributed by atoms with Crippen LogP contribution in [0.25, 0.3) is 0 Å². The summed E-state index contributed by atoms with van der Waals surface area (Å²) in [5, 5.41) is 3.14. The number of aryl methyl sites for hydroxylation is 1. The number of imidazole rings is 1. The molecule has 3 rings (SSSR count). The van der Waals surface area contributed by atoms with E-state index in [4.69, 9.17) is 0 Å². The number of aromatic nitrogens is 2. The summed E-state index contributed by atoms with van der Waals surface area (Å²) in [5.74, 6) is 0.201. The van der Waals surface area contributed by atoms with Crippen LogP contribution < -0.4 is 5.32 Å².